The topological polar surface area (TPSA) is 56.1 Å². The summed E-state index contributed by atoms with van der Waals surface area (Å²) in [6.45, 7) is 0. The lowest BCUT2D eigenvalue weighted by molar-refractivity contribution is 0.0936. The molecule has 0 radical (unpaired) electrons. The molecule has 0 bridgehead atoms. The summed E-state index contributed by atoms with van der Waals surface area (Å²) in [6, 6.07) is 17.6. The minimum Gasteiger partial charge on any atom is -0.497 e. The monoisotopic (exact) mass is 375 g/mol. The lowest BCUT2D eigenvalue weighted by Crippen LogP contribution is -2.30. The van der Waals surface area contributed by atoms with Crippen LogP contribution >= 0.6 is 0 Å². The Labute approximate surface area is 165 Å². The van der Waals surface area contributed by atoms with Crippen molar-refractivity contribution in [2.75, 3.05) is 7.11 Å². The van der Waals surface area contributed by atoms with Gasteiger partial charge >= 0.3 is 0 Å². The first-order chi connectivity index (χ1) is 13.7. The number of rotatable bonds is 5. The van der Waals surface area contributed by atoms with E-state index in [0.717, 1.165) is 48.1 Å². The van der Waals surface area contributed by atoms with E-state index < -0.39 is 0 Å². The predicted molar refractivity (Wildman–Crippen MR) is 109 cm³/mol. The molecule has 144 valence electrons. The number of methoxy groups -OCH3 is 1. The van der Waals surface area contributed by atoms with E-state index in [0.29, 0.717) is 5.69 Å². The second-order valence-corrected chi connectivity index (χ2v) is 7.19. The molecule has 1 aliphatic carbocycles. The van der Waals surface area contributed by atoms with E-state index in [2.05, 4.69) is 10.4 Å². The maximum absolute atomic E-state index is 13.2. The number of carbonyl (C=O) groups excluding carboxylic acids is 1. The number of fused-ring (bicyclic) bond motifs is 1. The van der Waals surface area contributed by atoms with Gasteiger partial charge in [0.25, 0.3) is 5.91 Å². The predicted octanol–water partition coefficient (Wildman–Crippen LogP) is 3.83. The highest BCUT2D eigenvalue weighted by molar-refractivity contribution is 5.94. The normalized spacial score (nSPS) is 14.2. The van der Waals surface area contributed by atoms with E-state index in [1.54, 1.807) is 7.11 Å². The minimum atomic E-state index is -0.249. The Morgan fingerprint density at radius 3 is 2.43 bits per heavy atom. The van der Waals surface area contributed by atoms with Crippen molar-refractivity contribution in [3.05, 3.63) is 82.7 Å². The Morgan fingerprint density at radius 1 is 1.04 bits per heavy atom. The van der Waals surface area contributed by atoms with Gasteiger partial charge in [0.1, 0.15) is 5.75 Å². The van der Waals surface area contributed by atoms with Crippen LogP contribution < -0.4 is 10.1 Å². The van der Waals surface area contributed by atoms with Crippen LogP contribution in [0, 0.1) is 0 Å². The zero-order valence-corrected chi connectivity index (χ0v) is 16.3. The number of nitrogens with zero attached hydrogens (tertiary/aromatic N) is 2. The fraction of sp³-hybridized carbons (Fsp3) is 0.304. The molecule has 1 aromatic heterocycles. The van der Waals surface area contributed by atoms with Crippen LogP contribution in [0.4, 0.5) is 0 Å². The van der Waals surface area contributed by atoms with E-state index in [9.17, 15) is 4.79 Å². The second-order valence-electron chi connectivity index (χ2n) is 7.19. The Balaban J connectivity index is 1.67. The number of nitrogens with one attached hydrogen (secondary N) is 1. The number of hydrogen-bond donors (Lipinski definition) is 1. The minimum absolute atomic E-state index is 0.122. The summed E-state index contributed by atoms with van der Waals surface area (Å²) >= 11 is 0. The van der Waals surface area contributed by atoms with Crippen LogP contribution in [0.1, 0.15) is 51.8 Å². The first-order valence-electron chi connectivity index (χ1n) is 9.72. The molecule has 1 amide bonds. The molecule has 1 unspecified atom stereocenters. The molecule has 1 atom stereocenters. The van der Waals surface area contributed by atoms with Gasteiger partial charge in [0.05, 0.1) is 13.2 Å². The summed E-state index contributed by atoms with van der Waals surface area (Å²) in [5.41, 5.74) is 4.90. The van der Waals surface area contributed by atoms with Crippen LogP contribution in [-0.2, 0) is 19.9 Å². The third-order valence-electron chi connectivity index (χ3n) is 5.44. The van der Waals surface area contributed by atoms with Crippen molar-refractivity contribution in [3.63, 3.8) is 0 Å². The van der Waals surface area contributed by atoms with Gasteiger partial charge in [0.2, 0.25) is 0 Å². The molecular weight excluding hydrogens is 350 g/mol. The molecule has 5 nitrogen and oxygen atoms in total. The van der Waals surface area contributed by atoms with Gasteiger partial charge in [0, 0.05) is 18.3 Å². The lowest BCUT2D eigenvalue weighted by atomic mass is 9.94. The smallest absolute Gasteiger partial charge is 0.272 e. The molecule has 1 heterocycles. The average molecular weight is 375 g/mol. The van der Waals surface area contributed by atoms with Crippen molar-refractivity contribution in [2.24, 2.45) is 7.05 Å². The number of aromatic nitrogens is 2. The van der Waals surface area contributed by atoms with Gasteiger partial charge in [0.15, 0.2) is 5.69 Å². The highest BCUT2D eigenvalue weighted by Crippen LogP contribution is 2.27. The van der Waals surface area contributed by atoms with Crippen molar-refractivity contribution in [1.29, 1.82) is 0 Å². The zero-order chi connectivity index (χ0) is 19.5. The summed E-state index contributed by atoms with van der Waals surface area (Å²) in [4.78, 5) is 13.2. The van der Waals surface area contributed by atoms with Crippen LogP contribution in [0.25, 0.3) is 0 Å². The van der Waals surface area contributed by atoms with Gasteiger partial charge in [-0.1, -0.05) is 42.5 Å². The van der Waals surface area contributed by atoms with Crippen LogP contribution in [0.15, 0.2) is 54.6 Å². The van der Waals surface area contributed by atoms with E-state index in [-0.39, 0.29) is 11.9 Å². The van der Waals surface area contributed by atoms with Crippen LogP contribution in [0.5, 0.6) is 5.75 Å². The number of aryl methyl sites for hydroxylation is 1. The summed E-state index contributed by atoms with van der Waals surface area (Å²) in [7, 11) is 3.58. The molecule has 0 fully saturated rings. The Morgan fingerprint density at radius 2 is 1.71 bits per heavy atom. The summed E-state index contributed by atoms with van der Waals surface area (Å²) in [5.74, 6) is 0.670. The fourth-order valence-electron chi connectivity index (χ4n) is 3.96. The average Bonchev–Trinajstić information content (AvgIpc) is 3.10. The Hall–Kier alpha value is -3.08. The third-order valence-corrected chi connectivity index (χ3v) is 5.44. The van der Waals surface area contributed by atoms with E-state index in [4.69, 9.17) is 4.74 Å². The van der Waals surface area contributed by atoms with Crippen LogP contribution in [-0.4, -0.2) is 22.8 Å². The van der Waals surface area contributed by atoms with Crippen molar-refractivity contribution in [3.8, 4) is 5.75 Å². The van der Waals surface area contributed by atoms with E-state index in [1.165, 1.54) is 5.69 Å². The fourth-order valence-corrected chi connectivity index (χ4v) is 3.96. The van der Waals surface area contributed by atoms with Crippen molar-refractivity contribution >= 4 is 5.91 Å². The standard InChI is InChI=1S/C23H25N3O2/c1-26-20-11-7-6-10-19(20)22(25-26)23(27)24-21(16-8-4-3-5-9-16)17-12-14-18(28-2)15-13-17/h3-5,8-9,12-15,21H,6-7,10-11H2,1-2H3,(H,24,27). The van der Waals surface area contributed by atoms with E-state index in [1.807, 2.05) is 66.3 Å². The molecule has 3 aromatic rings. The van der Waals surface area contributed by atoms with Crippen molar-refractivity contribution in [2.45, 2.75) is 31.7 Å². The SMILES string of the molecule is COc1ccc(C(NC(=O)c2nn(C)c3c2CCCC3)c2ccccc2)cc1. The molecule has 1 N–H and O–H groups in total. The lowest BCUT2D eigenvalue weighted by Gasteiger charge is -2.20. The number of amides is 1. The van der Waals surface area contributed by atoms with Crippen LogP contribution in [0.3, 0.4) is 0 Å². The summed E-state index contributed by atoms with van der Waals surface area (Å²) in [6.07, 6.45) is 4.18. The van der Waals surface area contributed by atoms with Crippen LogP contribution in [0.2, 0.25) is 0 Å². The molecule has 28 heavy (non-hydrogen) atoms. The quantitative estimate of drug-likeness (QED) is 0.737. The first-order valence-corrected chi connectivity index (χ1v) is 9.72. The zero-order valence-electron chi connectivity index (χ0n) is 16.3. The molecule has 0 aliphatic heterocycles. The molecule has 4 rings (SSSR count). The number of benzene rings is 2. The van der Waals surface area contributed by atoms with Gasteiger partial charge in [-0.25, -0.2) is 0 Å². The number of ether oxygens (including phenoxy) is 1. The Kier molecular flexibility index (Phi) is 5.15. The number of hydrogen-bond acceptors (Lipinski definition) is 3. The molecule has 5 heteroatoms. The highest BCUT2D eigenvalue weighted by Gasteiger charge is 2.26. The molecular formula is C23H25N3O2. The van der Waals surface area contributed by atoms with Crippen molar-refractivity contribution in [1.82, 2.24) is 15.1 Å². The molecule has 0 spiro atoms. The van der Waals surface area contributed by atoms with Gasteiger partial charge in [-0.15, -0.1) is 0 Å². The third kappa shape index (κ3) is 3.52. The molecule has 0 saturated carbocycles. The van der Waals surface area contributed by atoms with E-state index >= 15 is 0 Å². The first kappa shape index (κ1) is 18.3. The Bertz CT molecular complexity index is 962. The van der Waals surface area contributed by atoms with Crippen molar-refractivity contribution < 1.29 is 9.53 Å². The highest BCUT2D eigenvalue weighted by atomic mass is 16.5. The number of carbonyl (C=O) groups is 1. The van der Waals surface area contributed by atoms with Gasteiger partial charge in [-0.05, 0) is 48.9 Å². The maximum atomic E-state index is 13.2. The molecule has 2 aromatic carbocycles. The molecule has 0 saturated heterocycles. The largest absolute Gasteiger partial charge is 0.497 e. The second kappa shape index (κ2) is 7.89. The summed E-state index contributed by atoms with van der Waals surface area (Å²) in [5, 5.41) is 7.76. The summed E-state index contributed by atoms with van der Waals surface area (Å²) < 4.78 is 7.14. The van der Waals surface area contributed by atoms with Gasteiger partial charge < -0.3 is 10.1 Å². The van der Waals surface area contributed by atoms with Gasteiger partial charge in [-0.2, -0.15) is 5.10 Å². The maximum Gasteiger partial charge on any atom is 0.272 e. The van der Waals surface area contributed by atoms with Gasteiger partial charge in [-0.3, -0.25) is 9.48 Å². The molecule has 1 aliphatic rings.